The summed E-state index contributed by atoms with van der Waals surface area (Å²) in [4.78, 5) is 0. The van der Waals surface area contributed by atoms with Gasteiger partial charge in [-0.2, -0.15) is 0 Å². The molecule has 2 heterocycles. The second kappa shape index (κ2) is 7.72. The van der Waals surface area contributed by atoms with Crippen LogP contribution in [-0.2, 0) is 13.1 Å². The molecule has 0 aliphatic carbocycles. The number of nitrogens with zero attached hydrogens (tertiary/aromatic N) is 2. The average molecular weight is 444 g/mol. The van der Waals surface area contributed by atoms with Crippen LogP contribution in [0, 0.1) is 0 Å². The fourth-order valence-electron chi connectivity index (χ4n) is 3.85. The summed E-state index contributed by atoms with van der Waals surface area (Å²) in [5, 5.41) is 0. The summed E-state index contributed by atoms with van der Waals surface area (Å²) >= 11 is 3.47. The number of aromatic nitrogens is 2. The molecule has 0 radical (unpaired) electrons. The lowest BCUT2D eigenvalue weighted by molar-refractivity contribution is -0.652. The van der Waals surface area contributed by atoms with Crippen molar-refractivity contribution < 1.29 is 8.98 Å². The Kier molecular flexibility index (Phi) is 4.78. The number of imidazole rings is 1. The predicted octanol–water partition coefficient (Wildman–Crippen LogP) is 6.05. The smallest absolute Gasteiger partial charge is 0.326 e. The van der Waals surface area contributed by atoms with Crippen molar-refractivity contribution in [3.63, 3.8) is 0 Å². The van der Waals surface area contributed by atoms with Crippen molar-refractivity contribution in [2.24, 2.45) is 0 Å². The van der Waals surface area contributed by atoms with Crippen LogP contribution in [0.3, 0.4) is 0 Å². The van der Waals surface area contributed by atoms with Gasteiger partial charge in [-0.05, 0) is 51.3 Å². The molecule has 29 heavy (non-hydrogen) atoms. The molecule has 0 spiro atoms. The molecule has 0 aliphatic heterocycles. The Morgan fingerprint density at radius 3 is 2.07 bits per heavy atom. The average Bonchev–Trinajstić information content (AvgIpc) is 3.31. The van der Waals surface area contributed by atoms with Crippen LogP contribution in [-0.4, -0.2) is 4.57 Å². The largest absolute Gasteiger partial charge is 0.441 e. The molecule has 3 aromatic carbocycles. The second-order valence-electron chi connectivity index (χ2n) is 7.06. The Hall–Kier alpha value is -3.11. The van der Waals surface area contributed by atoms with E-state index in [1.54, 1.807) is 0 Å². The van der Waals surface area contributed by atoms with Gasteiger partial charge in [0, 0.05) is 0 Å². The van der Waals surface area contributed by atoms with Crippen LogP contribution in [0.2, 0.25) is 0 Å². The minimum atomic E-state index is 0.732. The van der Waals surface area contributed by atoms with E-state index in [1.807, 2.05) is 12.1 Å². The molecule has 0 fully saturated rings. The van der Waals surface area contributed by atoms with Crippen LogP contribution in [0.5, 0.6) is 0 Å². The summed E-state index contributed by atoms with van der Waals surface area (Å²) in [6.07, 6.45) is 0. The van der Waals surface area contributed by atoms with E-state index in [-0.39, 0.29) is 0 Å². The van der Waals surface area contributed by atoms with Crippen molar-refractivity contribution in [3.05, 3.63) is 113 Å². The van der Waals surface area contributed by atoms with E-state index in [1.165, 1.54) is 22.2 Å². The van der Waals surface area contributed by atoms with Crippen LogP contribution >= 0.6 is 15.9 Å². The summed E-state index contributed by atoms with van der Waals surface area (Å²) < 4.78 is 11.5. The highest BCUT2D eigenvalue weighted by Gasteiger charge is 2.29. The molecule has 2 aromatic heterocycles. The van der Waals surface area contributed by atoms with Gasteiger partial charge in [-0.3, -0.25) is 0 Å². The van der Waals surface area contributed by atoms with E-state index in [0.717, 1.165) is 29.3 Å². The molecule has 5 rings (SSSR count). The number of fused-ring (bicyclic) bond motifs is 1. The molecule has 0 N–H and O–H groups in total. The zero-order chi connectivity index (χ0) is 19.6. The summed E-state index contributed by atoms with van der Waals surface area (Å²) in [5.74, 6) is 1.91. The number of benzene rings is 3. The number of furan rings is 1. The summed E-state index contributed by atoms with van der Waals surface area (Å²) in [7, 11) is 0. The highest BCUT2D eigenvalue weighted by atomic mass is 79.9. The van der Waals surface area contributed by atoms with Gasteiger partial charge in [0.15, 0.2) is 15.7 Å². The van der Waals surface area contributed by atoms with Crippen molar-refractivity contribution in [3.8, 4) is 11.6 Å². The normalized spacial score (nSPS) is 11.2. The molecule has 0 aliphatic rings. The summed E-state index contributed by atoms with van der Waals surface area (Å²) in [6.45, 7) is 1.55. The van der Waals surface area contributed by atoms with Crippen LogP contribution in [0.25, 0.3) is 22.6 Å². The maximum absolute atomic E-state index is 6.03. The predicted molar refractivity (Wildman–Crippen MR) is 119 cm³/mol. The van der Waals surface area contributed by atoms with Crippen molar-refractivity contribution >= 4 is 27.0 Å². The zero-order valence-corrected chi connectivity index (χ0v) is 17.4. The van der Waals surface area contributed by atoms with Gasteiger partial charge in [0.1, 0.15) is 13.1 Å². The SMILES string of the molecule is Brc1ccc(-c2n(Cc3ccccc3)c3ccccc3[n+]2Cc2ccccc2)o1. The van der Waals surface area contributed by atoms with E-state index in [2.05, 4.69) is 110 Å². The third kappa shape index (κ3) is 3.52. The third-order valence-corrected chi connectivity index (χ3v) is 5.56. The minimum Gasteiger partial charge on any atom is -0.441 e. The van der Waals surface area contributed by atoms with E-state index in [9.17, 15) is 0 Å². The summed E-state index contributed by atoms with van der Waals surface area (Å²) in [6, 6.07) is 33.6. The molecule has 0 bridgehead atoms. The first kappa shape index (κ1) is 18.0. The molecule has 5 aromatic rings. The Labute approximate surface area is 178 Å². The maximum atomic E-state index is 6.03. The molecular weight excluding hydrogens is 424 g/mol. The van der Waals surface area contributed by atoms with Gasteiger partial charge in [-0.25, -0.2) is 9.13 Å². The number of hydrogen-bond donors (Lipinski definition) is 0. The molecule has 0 unspecified atom stereocenters. The van der Waals surface area contributed by atoms with Gasteiger partial charge in [-0.15, -0.1) is 0 Å². The first-order chi connectivity index (χ1) is 14.3. The third-order valence-electron chi connectivity index (χ3n) is 5.14. The molecule has 4 heteroatoms. The van der Waals surface area contributed by atoms with Crippen LogP contribution in [0.1, 0.15) is 11.1 Å². The highest BCUT2D eigenvalue weighted by molar-refractivity contribution is 9.10. The van der Waals surface area contributed by atoms with Gasteiger partial charge in [0.05, 0.1) is 0 Å². The van der Waals surface area contributed by atoms with Gasteiger partial charge in [0.2, 0.25) is 5.76 Å². The van der Waals surface area contributed by atoms with E-state index >= 15 is 0 Å². The van der Waals surface area contributed by atoms with Crippen molar-refractivity contribution in [1.82, 2.24) is 4.57 Å². The molecular formula is C25H20BrN2O+. The highest BCUT2D eigenvalue weighted by Crippen LogP contribution is 2.28. The number of rotatable bonds is 5. The molecule has 0 atom stereocenters. The maximum Gasteiger partial charge on any atom is 0.326 e. The Balaban J connectivity index is 1.75. The monoisotopic (exact) mass is 443 g/mol. The van der Waals surface area contributed by atoms with Crippen molar-refractivity contribution in [2.45, 2.75) is 13.1 Å². The first-order valence-corrected chi connectivity index (χ1v) is 10.4. The molecule has 0 amide bonds. The fraction of sp³-hybridized carbons (Fsp3) is 0.0800. The molecule has 3 nitrogen and oxygen atoms in total. The number of para-hydroxylation sites is 2. The number of hydrogen-bond acceptors (Lipinski definition) is 1. The lowest BCUT2D eigenvalue weighted by Crippen LogP contribution is -2.36. The van der Waals surface area contributed by atoms with Gasteiger partial charge in [0.25, 0.3) is 0 Å². The topological polar surface area (TPSA) is 21.9 Å². The zero-order valence-electron chi connectivity index (χ0n) is 15.8. The molecule has 142 valence electrons. The summed E-state index contributed by atoms with van der Waals surface area (Å²) in [5.41, 5.74) is 4.89. The van der Waals surface area contributed by atoms with Crippen LogP contribution < -0.4 is 4.57 Å². The first-order valence-electron chi connectivity index (χ1n) is 9.64. The Bertz CT molecular complexity index is 1180. The van der Waals surface area contributed by atoms with E-state index < -0.39 is 0 Å². The lowest BCUT2D eigenvalue weighted by Gasteiger charge is -2.05. The van der Waals surface area contributed by atoms with Gasteiger partial charge in [-0.1, -0.05) is 72.8 Å². The van der Waals surface area contributed by atoms with Crippen molar-refractivity contribution in [2.75, 3.05) is 0 Å². The minimum absolute atomic E-state index is 0.732. The molecule has 0 saturated carbocycles. The van der Waals surface area contributed by atoms with E-state index in [0.29, 0.717) is 0 Å². The number of halogens is 1. The van der Waals surface area contributed by atoms with E-state index in [4.69, 9.17) is 4.42 Å². The fourth-order valence-corrected chi connectivity index (χ4v) is 4.15. The molecule has 0 saturated heterocycles. The second-order valence-corrected chi connectivity index (χ2v) is 7.84. The van der Waals surface area contributed by atoms with Gasteiger partial charge < -0.3 is 4.42 Å². The van der Waals surface area contributed by atoms with Crippen LogP contribution in [0.15, 0.2) is 106 Å². The Morgan fingerprint density at radius 2 is 1.38 bits per heavy atom. The van der Waals surface area contributed by atoms with Gasteiger partial charge >= 0.3 is 5.82 Å². The quantitative estimate of drug-likeness (QED) is 0.303. The van der Waals surface area contributed by atoms with Crippen LogP contribution in [0.4, 0.5) is 0 Å². The standard InChI is InChI=1S/C25H20BrN2O/c26-24-16-15-23(29-24)25-27(17-19-9-3-1-4-10-19)21-13-7-8-14-22(21)28(25)18-20-11-5-2-6-12-20/h1-16H,17-18H2/q+1. The van der Waals surface area contributed by atoms with Crippen molar-refractivity contribution in [1.29, 1.82) is 0 Å². The lowest BCUT2D eigenvalue weighted by atomic mass is 10.2. The Morgan fingerprint density at radius 1 is 0.724 bits per heavy atom.